The molecular weight excluding hydrogens is 273 g/mol. The molecule has 0 aromatic carbocycles. The fourth-order valence-electron chi connectivity index (χ4n) is 2.01. The first-order chi connectivity index (χ1) is 7.68. The second-order valence-electron chi connectivity index (χ2n) is 4.90. The molecule has 1 amide bonds. The molecule has 0 radical (unpaired) electrons. The summed E-state index contributed by atoms with van der Waals surface area (Å²) in [7, 11) is 4.10. The maximum atomic E-state index is 11.5. The zero-order valence-electron chi connectivity index (χ0n) is 11.4. The van der Waals surface area contributed by atoms with Crippen molar-refractivity contribution in [1.82, 2.24) is 15.5 Å². The van der Waals surface area contributed by atoms with Crippen molar-refractivity contribution in [3.05, 3.63) is 0 Å². The van der Waals surface area contributed by atoms with Crippen molar-refractivity contribution in [2.75, 3.05) is 40.3 Å². The lowest BCUT2D eigenvalue weighted by atomic mass is 10.0. The van der Waals surface area contributed by atoms with E-state index >= 15 is 0 Å². The second kappa shape index (κ2) is 12.0. The molecule has 1 heterocycles. The highest BCUT2D eigenvalue weighted by atomic mass is 35.5. The van der Waals surface area contributed by atoms with Gasteiger partial charge in [-0.1, -0.05) is 0 Å². The van der Waals surface area contributed by atoms with Crippen LogP contribution in [-0.2, 0) is 4.79 Å². The van der Waals surface area contributed by atoms with Crippen molar-refractivity contribution >= 4 is 30.7 Å². The molecule has 0 aliphatic carbocycles. The van der Waals surface area contributed by atoms with Crippen molar-refractivity contribution in [1.29, 1.82) is 0 Å². The predicted molar refractivity (Wildman–Crippen MR) is 80.9 cm³/mol. The normalized spacial score (nSPS) is 18.1. The minimum absolute atomic E-state index is 0. The third-order valence-electron chi connectivity index (χ3n) is 3.05. The number of rotatable bonds is 7. The summed E-state index contributed by atoms with van der Waals surface area (Å²) in [5.74, 6) is 0.929. The van der Waals surface area contributed by atoms with Gasteiger partial charge in [0.2, 0.25) is 5.91 Å². The predicted octanol–water partition coefficient (Wildman–Crippen LogP) is 1.29. The molecule has 1 unspecified atom stereocenters. The van der Waals surface area contributed by atoms with Crippen LogP contribution in [0.5, 0.6) is 0 Å². The van der Waals surface area contributed by atoms with Crippen molar-refractivity contribution in [3.63, 3.8) is 0 Å². The molecule has 110 valence electrons. The molecule has 1 rings (SSSR count). The van der Waals surface area contributed by atoms with Crippen molar-refractivity contribution in [2.24, 2.45) is 5.92 Å². The van der Waals surface area contributed by atoms with Crippen molar-refractivity contribution < 1.29 is 4.79 Å². The molecule has 0 bridgehead atoms. The van der Waals surface area contributed by atoms with Crippen LogP contribution in [-0.4, -0.2) is 51.1 Å². The minimum Gasteiger partial charge on any atom is -0.356 e. The third kappa shape index (κ3) is 9.95. The van der Waals surface area contributed by atoms with E-state index in [2.05, 4.69) is 29.6 Å². The van der Waals surface area contributed by atoms with Gasteiger partial charge in [0.05, 0.1) is 0 Å². The van der Waals surface area contributed by atoms with Gasteiger partial charge in [0.1, 0.15) is 0 Å². The summed E-state index contributed by atoms with van der Waals surface area (Å²) in [6.07, 6.45) is 3.98. The summed E-state index contributed by atoms with van der Waals surface area (Å²) in [6.45, 7) is 4.05. The average molecular weight is 300 g/mol. The van der Waals surface area contributed by atoms with Gasteiger partial charge in [-0.3, -0.25) is 4.79 Å². The lowest BCUT2D eigenvalue weighted by molar-refractivity contribution is -0.121. The fourth-order valence-corrected chi connectivity index (χ4v) is 2.01. The van der Waals surface area contributed by atoms with Crippen LogP contribution < -0.4 is 10.6 Å². The first-order valence-electron chi connectivity index (χ1n) is 6.30. The highest BCUT2D eigenvalue weighted by Gasteiger charge is 2.15. The summed E-state index contributed by atoms with van der Waals surface area (Å²) in [4.78, 5) is 13.6. The van der Waals surface area contributed by atoms with Gasteiger partial charge in [-0.05, 0) is 58.9 Å². The Morgan fingerprint density at radius 1 is 1.39 bits per heavy atom. The quantitative estimate of drug-likeness (QED) is 0.696. The molecule has 1 atom stereocenters. The molecule has 1 saturated heterocycles. The van der Waals surface area contributed by atoms with E-state index in [1.807, 2.05) is 0 Å². The summed E-state index contributed by atoms with van der Waals surface area (Å²) in [5, 5.41) is 6.30. The monoisotopic (exact) mass is 299 g/mol. The van der Waals surface area contributed by atoms with Crippen LogP contribution in [0.1, 0.15) is 25.7 Å². The number of carbonyl (C=O) groups is 1. The number of halogens is 2. The van der Waals surface area contributed by atoms with Gasteiger partial charge in [-0.25, -0.2) is 0 Å². The van der Waals surface area contributed by atoms with Crippen LogP contribution in [0.25, 0.3) is 0 Å². The molecule has 6 heteroatoms. The first kappa shape index (κ1) is 20.3. The highest BCUT2D eigenvalue weighted by molar-refractivity contribution is 5.85. The molecule has 1 aliphatic heterocycles. The van der Waals surface area contributed by atoms with Gasteiger partial charge in [0.15, 0.2) is 0 Å². The van der Waals surface area contributed by atoms with Crippen LogP contribution in [0.2, 0.25) is 0 Å². The maximum Gasteiger partial charge on any atom is 0.220 e. The zero-order chi connectivity index (χ0) is 11.8. The van der Waals surface area contributed by atoms with Gasteiger partial charge in [0.25, 0.3) is 0 Å². The number of amides is 1. The molecular formula is C12H27Cl2N3O. The Balaban J connectivity index is 0. The minimum atomic E-state index is 0. The topological polar surface area (TPSA) is 44.4 Å². The second-order valence-corrected chi connectivity index (χ2v) is 4.90. The maximum absolute atomic E-state index is 11.5. The molecule has 1 aliphatic rings. The third-order valence-corrected chi connectivity index (χ3v) is 3.05. The van der Waals surface area contributed by atoms with Crippen LogP contribution >= 0.6 is 24.8 Å². The number of nitrogens with zero attached hydrogens (tertiary/aromatic N) is 1. The smallest absolute Gasteiger partial charge is 0.220 e. The molecule has 0 aromatic rings. The summed E-state index contributed by atoms with van der Waals surface area (Å²) < 4.78 is 0. The number of carbonyl (C=O) groups excluding carboxylic acids is 1. The van der Waals surface area contributed by atoms with Gasteiger partial charge >= 0.3 is 0 Å². The van der Waals surface area contributed by atoms with E-state index in [1.165, 1.54) is 6.42 Å². The number of hydrogen-bond acceptors (Lipinski definition) is 3. The lowest BCUT2D eigenvalue weighted by Crippen LogP contribution is -2.27. The molecule has 2 N–H and O–H groups in total. The molecule has 0 saturated carbocycles. The lowest BCUT2D eigenvalue weighted by Gasteiger charge is -2.11. The fraction of sp³-hybridized carbons (Fsp3) is 0.917. The van der Waals surface area contributed by atoms with E-state index in [1.54, 1.807) is 0 Å². The van der Waals surface area contributed by atoms with Gasteiger partial charge < -0.3 is 15.5 Å². The van der Waals surface area contributed by atoms with Gasteiger partial charge in [-0.2, -0.15) is 0 Å². The van der Waals surface area contributed by atoms with E-state index in [0.717, 1.165) is 39.0 Å². The van der Waals surface area contributed by atoms with Gasteiger partial charge in [0, 0.05) is 13.0 Å². The van der Waals surface area contributed by atoms with Crippen LogP contribution in [0.4, 0.5) is 0 Å². The number of hydrogen-bond donors (Lipinski definition) is 2. The Hall–Kier alpha value is -0.0300. The Kier molecular flexibility index (Phi) is 13.6. The standard InChI is InChI=1S/C12H25N3O.2ClH/c1-15(2)9-3-7-14-12(16)5-4-11-6-8-13-10-11;;/h11,13H,3-10H2,1-2H3,(H,14,16);2*1H. The molecule has 1 fully saturated rings. The van der Waals surface area contributed by atoms with Crippen molar-refractivity contribution in [3.8, 4) is 0 Å². The van der Waals surface area contributed by atoms with Gasteiger partial charge in [-0.15, -0.1) is 24.8 Å². The number of nitrogens with one attached hydrogen (secondary N) is 2. The van der Waals surface area contributed by atoms with E-state index in [4.69, 9.17) is 0 Å². The Morgan fingerprint density at radius 2 is 2.11 bits per heavy atom. The largest absolute Gasteiger partial charge is 0.356 e. The van der Waals surface area contributed by atoms with Crippen molar-refractivity contribution in [2.45, 2.75) is 25.7 Å². The van der Waals surface area contributed by atoms with E-state index in [-0.39, 0.29) is 30.7 Å². The van der Waals surface area contributed by atoms with E-state index in [9.17, 15) is 4.79 Å². The molecule has 0 aromatic heterocycles. The Morgan fingerprint density at radius 3 is 2.67 bits per heavy atom. The molecule has 4 nitrogen and oxygen atoms in total. The van der Waals surface area contributed by atoms with E-state index in [0.29, 0.717) is 12.3 Å². The van der Waals surface area contributed by atoms with Crippen LogP contribution in [0.15, 0.2) is 0 Å². The zero-order valence-corrected chi connectivity index (χ0v) is 13.0. The molecule has 0 spiro atoms. The summed E-state index contributed by atoms with van der Waals surface area (Å²) in [5.41, 5.74) is 0. The first-order valence-corrected chi connectivity index (χ1v) is 6.30. The summed E-state index contributed by atoms with van der Waals surface area (Å²) >= 11 is 0. The summed E-state index contributed by atoms with van der Waals surface area (Å²) in [6, 6.07) is 0. The van der Waals surface area contributed by atoms with Crippen LogP contribution in [0, 0.1) is 5.92 Å². The Bertz CT molecular complexity index is 209. The van der Waals surface area contributed by atoms with Crippen LogP contribution in [0.3, 0.4) is 0 Å². The Labute approximate surface area is 123 Å². The molecule has 18 heavy (non-hydrogen) atoms. The highest BCUT2D eigenvalue weighted by Crippen LogP contribution is 2.13. The van der Waals surface area contributed by atoms with E-state index < -0.39 is 0 Å². The average Bonchev–Trinajstić information content (AvgIpc) is 2.74. The SMILES string of the molecule is CN(C)CCCNC(=O)CCC1CCNC1.Cl.Cl.